The smallest absolute Gasteiger partial charge is 0.269 e. The standard InChI is InChI=1S/C17H24N4O3S/c1-12-11-19(15(22)17(2,3)4)9-10-20(12)16(25)18-13-5-7-14(8-6-13)21(23)24/h5-8,12H,9-11H2,1-4H3,(H,18,25). The average molecular weight is 364 g/mol. The zero-order valence-electron chi connectivity index (χ0n) is 15.0. The molecule has 1 amide bonds. The highest BCUT2D eigenvalue weighted by molar-refractivity contribution is 7.80. The van der Waals surface area contributed by atoms with E-state index < -0.39 is 4.92 Å². The molecule has 1 fully saturated rings. The molecule has 0 aliphatic carbocycles. The van der Waals surface area contributed by atoms with Gasteiger partial charge in [0.15, 0.2) is 5.11 Å². The van der Waals surface area contributed by atoms with Crippen LogP contribution in [0.3, 0.4) is 0 Å². The molecule has 1 N–H and O–H groups in total. The second kappa shape index (κ2) is 7.35. The van der Waals surface area contributed by atoms with Gasteiger partial charge in [0.1, 0.15) is 0 Å². The van der Waals surface area contributed by atoms with Gasteiger partial charge in [0.05, 0.1) is 4.92 Å². The second-order valence-corrected chi connectivity index (χ2v) is 7.66. The maximum atomic E-state index is 12.4. The van der Waals surface area contributed by atoms with Crippen molar-refractivity contribution >= 4 is 34.6 Å². The van der Waals surface area contributed by atoms with E-state index in [-0.39, 0.29) is 23.1 Å². The van der Waals surface area contributed by atoms with Crippen molar-refractivity contribution < 1.29 is 9.72 Å². The lowest BCUT2D eigenvalue weighted by atomic mass is 9.94. The highest BCUT2D eigenvalue weighted by atomic mass is 32.1. The molecule has 7 nitrogen and oxygen atoms in total. The summed E-state index contributed by atoms with van der Waals surface area (Å²) in [4.78, 5) is 26.6. The largest absolute Gasteiger partial charge is 0.343 e. The minimum absolute atomic E-state index is 0.0409. The van der Waals surface area contributed by atoms with Gasteiger partial charge in [-0.05, 0) is 31.3 Å². The minimum Gasteiger partial charge on any atom is -0.343 e. The molecule has 136 valence electrons. The first-order chi connectivity index (χ1) is 11.6. The number of non-ortho nitro benzene ring substituents is 1. The van der Waals surface area contributed by atoms with Crippen LogP contribution >= 0.6 is 12.2 Å². The van der Waals surface area contributed by atoms with Crippen LogP contribution in [0.1, 0.15) is 27.7 Å². The zero-order chi connectivity index (χ0) is 18.8. The number of carbonyl (C=O) groups excluding carboxylic acids is 1. The number of anilines is 1. The molecule has 0 radical (unpaired) electrons. The number of hydrogen-bond acceptors (Lipinski definition) is 4. The lowest BCUT2D eigenvalue weighted by Gasteiger charge is -2.43. The lowest BCUT2D eigenvalue weighted by Crippen LogP contribution is -2.57. The number of nitrogens with zero attached hydrogens (tertiary/aromatic N) is 3. The van der Waals surface area contributed by atoms with Gasteiger partial charge in [0.2, 0.25) is 5.91 Å². The van der Waals surface area contributed by atoms with E-state index in [0.717, 1.165) is 0 Å². The molecule has 0 aromatic heterocycles. The Morgan fingerprint density at radius 1 is 1.28 bits per heavy atom. The highest BCUT2D eigenvalue weighted by Crippen LogP contribution is 2.21. The Morgan fingerprint density at radius 3 is 2.36 bits per heavy atom. The van der Waals surface area contributed by atoms with Crippen LogP contribution in [0.5, 0.6) is 0 Å². The van der Waals surface area contributed by atoms with E-state index in [9.17, 15) is 14.9 Å². The first-order valence-electron chi connectivity index (χ1n) is 8.21. The summed E-state index contributed by atoms with van der Waals surface area (Å²) in [5.74, 6) is 0.147. The van der Waals surface area contributed by atoms with Gasteiger partial charge >= 0.3 is 0 Å². The van der Waals surface area contributed by atoms with Crippen LogP contribution in [-0.2, 0) is 4.79 Å². The predicted octanol–water partition coefficient (Wildman–Crippen LogP) is 2.87. The van der Waals surface area contributed by atoms with Crippen molar-refractivity contribution in [3.05, 3.63) is 34.4 Å². The minimum atomic E-state index is -0.435. The average Bonchev–Trinajstić information content (AvgIpc) is 2.53. The van der Waals surface area contributed by atoms with Gasteiger partial charge in [0, 0.05) is 48.9 Å². The lowest BCUT2D eigenvalue weighted by molar-refractivity contribution is -0.384. The summed E-state index contributed by atoms with van der Waals surface area (Å²) in [6.45, 7) is 9.71. The van der Waals surface area contributed by atoms with E-state index in [1.165, 1.54) is 12.1 Å². The third-order valence-corrected chi connectivity index (χ3v) is 4.48. The monoisotopic (exact) mass is 364 g/mol. The van der Waals surface area contributed by atoms with Gasteiger partial charge in [0.25, 0.3) is 5.69 Å². The fraction of sp³-hybridized carbons (Fsp3) is 0.529. The van der Waals surface area contributed by atoms with Crippen molar-refractivity contribution in [2.24, 2.45) is 5.41 Å². The Hall–Kier alpha value is -2.22. The SMILES string of the molecule is CC1CN(C(=O)C(C)(C)C)CCN1C(=S)Nc1ccc([N+](=O)[O-])cc1. The van der Waals surface area contributed by atoms with E-state index in [1.54, 1.807) is 12.1 Å². The second-order valence-electron chi connectivity index (χ2n) is 7.28. The van der Waals surface area contributed by atoms with E-state index in [4.69, 9.17) is 12.2 Å². The first-order valence-corrected chi connectivity index (χ1v) is 8.62. The fourth-order valence-corrected chi connectivity index (χ4v) is 3.17. The molecule has 1 aromatic rings. The Balaban J connectivity index is 1.97. The molecule has 1 heterocycles. The van der Waals surface area contributed by atoms with Crippen molar-refractivity contribution in [1.29, 1.82) is 0 Å². The summed E-state index contributed by atoms with van der Waals surface area (Å²) < 4.78 is 0. The molecule has 0 bridgehead atoms. The molecule has 8 heteroatoms. The molecule has 2 rings (SSSR count). The quantitative estimate of drug-likeness (QED) is 0.494. The van der Waals surface area contributed by atoms with Crippen LogP contribution in [-0.4, -0.2) is 51.4 Å². The number of rotatable bonds is 2. The van der Waals surface area contributed by atoms with Gasteiger partial charge in [-0.3, -0.25) is 14.9 Å². The summed E-state index contributed by atoms with van der Waals surface area (Å²) >= 11 is 5.47. The van der Waals surface area contributed by atoms with E-state index in [2.05, 4.69) is 5.32 Å². The number of thiocarbonyl (C=S) groups is 1. The maximum Gasteiger partial charge on any atom is 0.269 e. The molecule has 1 saturated heterocycles. The third kappa shape index (κ3) is 4.66. The van der Waals surface area contributed by atoms with Crippen molar-refractivity contribution in [3.8, 4) is 0 Å². The normalized spacial score (nSPS) is 18.0. The van der Waals surface area contributed by atoms with Crippen LogP contribution in [0, 0.1) is 15.5 Å². The Morgan fingerprint density at radius 2 is 1.88 bits per heavy atom. The van der Waals surface area contributed by atoms with Gasteiger partial charge in [-0.1, -0.05) is 20.8 Å². The van der Waals surface area contributed by atoms with Gasteiger partial charge in [-0.15, -0.1) is 0 Å². The molecule has 0 spiro atoms. The molecule has 1 unspecified atom stereocenters. The van der Waals surface area contributed by atoms with E-state index >= 15 is 0 Å². The number of nitro benzene ring substituents is 1. The first kappa shape index (κ1) is 19.1. The number of nitrogens with one attached hydrogen (secondary N) is 1. The number of piperazine rings is 1. The Labute approximate surface area is 153 Å². The maximum absolute atomic E-state index is 12.4. The molecule has 1 aliphatic heterocycles. The number of hydrogen-bond donors (Lipinski definition) is 1. The third-order valence-electron chi connectivity index (χ3n) is 4.15. The van der Waals surface area contributed by atoms with E-state index in [0.29, 0.717) is 30.4 Å². The highest BCUT2D eigenvalue weighted by Gasteiger charge is 2.33. The van der Waals surface area contributed by atoms with Crippen LogP contribution in [0.2, 0.25) is 0 Å². The fourth-order valence-electron chi connectivity index (χ4n) is 2.78. The Kier molecular flexibility index (Phi) is 5.62. The van der Waals surface area contributed by atoms with Crippen molar-refractivity contribution in [2.45, 2.75) is 33.7 Å². The topological polar surface area (TPSA) is 78.7 Å². The summed E-state index contributed by atoms with van der Waals surface area (Å²) in [5.41, 5.74) is 0.356. The molecule has 1 aromatic carbocycles. The number of carbonyl (C=O) groups is 1. The summed E-state index contributed by atoms with van der Waals surface area (Å²) in [6.07, 6.45) is 0. The van der Waals surface area contributed by atoms with Gasteiger partial charge in [-0.2, -0.15) is 0 Å². The number of nitro groups is 1. The molecular formula is C17H24N4O3S. The van der Waals surface area contributed by atoms with Gasteiger partial charge in [-0.25, -0.2) is 0 Å². The number of amides is 1. The zero-order valence-corrected chi connectivity index (χ0v) is 15.8. The predicted molar refractivity (Wildman–Crippen MR) is 102 cm³/mol. The van der Waals surface area contributed by atoms with Crippen molar-refractivity contribution in [1.82, 2.24) is 9.80 Å². The molecule has 1 aliphatic rings. The van der Waals surface area contributed by atoms with Crippen molar-refractivity contribution in [3.63, 3.8) is 0 Å². The molecule has 25 heavy (non-hydrogen) atoms. The van der Waals surface area contributed by atoms with Crippen LogP contribution in [0.4, 0.5) is 11.4 Å². The molecule has 1 atom stereocenters. The molecule has 0 saturated carbocycles. The van der Waals surface area contributed by atoms with Crippen LogP contribution in [0.15, 0.2) is 24.3 Å². The van der Waals surface area contributed by atoms with Crippen LogP contribution < -0.4 is 5.32 Å². The van der Waals surface area contributed by atoms with Gasteiger partial charge < -0.3 is 15.1 Å². The summed E-state index contributed by atoms with van der Waals surface area (Å²) in [6, 6.07) is 6.24. The summed E-state index contributed by atoms with van der Waals surface area (Å²) in [7, 11) is 0. The van der Waals surface area contributed by atoms with E-state index in [1.807, 2.05) is 37.5 Å². The van der Waals surface area contributed by atoms with Crippen LogP contribution in [0.25, 0.3) is 0 Å². The Bertz CT molecular complexity index is 669. The summed E-state index contributed by atoms with van der Waals surface area (Å²) in [5, 5.41) is 14.4. The van der Waals surface area contributed by atoms with Crippen molar-refractivity contribution in [2.75, 3.05) is 25.0 Å². The molecular weight excluding hydrogens is 340 g/mol. The number of benzene rings is 1.